The van der Waals surface area contributed by atoms with Crippen molar-refractivity contribution in [3.8, 4) is 0 Å². The lowest BCUT2D eigenvalue weighted by molar-refractivity contribution is -0.385. The number of nitrogens with zero attached hydrogens (tertiary/aromatic N) is 2. The van der Waals surface area contributed by atoms with Crippen molar-refractivity contribution in [1.82, 2.24) is 4.31 Å². The predicted octanol–water partition coefficient (Wildman–Crippen LogP) is 3.95. The van der Waals surface area contributed by atoms with Crippen molar-refractivity contribution in [3.63, 3.8) is 0 Å². The van der Waals surface area contributed by atoms with E-state index < -0.39 is 14.9 Å². The summed E-state index contributed by atoms with van der Waals surface area (Å²) in [6, 6.07) is 9.06. The number of non-ortho nitro benzene ring substituents is 1. The van der Waals surface area contributed by atoms with E-state index in [0.717, 1.165) is 11.6 Å². The fraction of sp³-hybridized carbons (Fsp3) is 0.176. The molecule has 0 fully saturated rings. The van der Waals surface area contributed by atoms with E-state index in [0.29, 0.717) is 11.3 Å². The Bertz CT molecular complexity index is 960. The summed E-state index contributed by atoms with van der Waals surface area (Å²) in [4.78, 5) is 10.4. The zero-order valence-electron chi connectivity index (χ0n) is 13.9. The van der Waals surface area contributed by atoms with E-state index in [-0.39, 0.29) is 23.7 Å². The predicted molar refractivity (Wildman–Crippen MR) is 97.3 cm³/mol. The number of benzene rings is 1. The third-order valence-corrected chi connectivity index (χ3v) is 6.52. The van der Waals surface area contributed by atoms with Crippen molar-refractivity contribution in [3.05, 3.63) is 80.4 Å². The number of aryl methyl sites for hydroxylation is 1. The minimum absolute atomic E-state index is 0.0350. The van der Waals surface area contributed by atoms with Crippen LogP contribution in [0, 0.1) is 17.0 Å². The highest BCUT2D eigenvalue weighted by Gasteiger charge is 2.29. The molecule has 0 aliphatic heterocycles. The summed E-state index contributed by atoms with van der Waals surface area (Å²) in [5.41, 5.74) is 1.03. The SMILES string of the molecule is Cc1ccc([N+](=O)[O-])cc1S(=O)(=O)N(Cc1ccsc1)Cc1ccco1. The average molecular weight is 392 g/mol. The Morgan fingerprint density at radius 1 is 1.23 bits per heavy atom. The minimum Gasteiger partial charge on any atom is -0.468 e. The summed E-state index contributed by atoms with van der Waals surface area (Å²) in [5.74, 6) is 0.492. The second-order valence-corrected chi connectivity index (χ2v) is 8.38. The van der Waals surface area contributed by atoms with Gasteiger partial charge in [-0.1, -0.05) is 6.07 Å². The summed E-state index contributed by atoms with van der Waals surface area (Å²) in [7, 11) is -3.97. The molecule has 9 heteroatoms. The Balaban J connectivity index is 2.03. The normalized spacial score (nSPS) is 11.8. The first-order valence-electron chi connectivity index (χ1n) is 7.66. The van der Waals surface area contributed by atoms with E-state index in [1.807, 2.05) is 16.8 Å². The summed E-state index contributed by atoms with van der Waals surface area (Å²) < 4.78 is 33.0. The second kappa shape index (κ2) is 7.40. The smallest absolute Gasteiger partial charge is 0.270 e. The molecular formula is C17H16N2O5S2. The van der Waals surface area contributed by atoms with Gasteiger partial charge in [-0.15, -0.1) is 0 Å². The van der Waals surface area contributed by atoms with Gasteiger partial charge in [-0.2, -0.15) is 15.6 Å². The van der Waals surface area contributed by atoms with Gasteiger partial charge in [0.2, 0.25) is 10.0 Å². The summed E-state index contributed by atoms with van der Waals surface area (Å²) >= 11 is 1.47. The van der Waals surface area contributed by atoms with Gasteiger partial charge < -0.3 is 4.42 Å². The molecule has 0 saturated heterocycles. The van der Waals surface area contributed by atoms with Crippen LogP contribution in [0.3, 0.4) is 0 Å². The lowest BCUT2D eigenvalue weighted by Gasteiger charge is -2.22. The molecule has 2 heterocycles. The maximum atomic E-state index is 13.2. The highest BCUT2D eigenvalue weighted by atomic mass is 32.2. The molecule has 0 amide bonds. The topological polar surface area (TPSA) is 93.7 Å². The molecule has 3 rings (SSSR count). The van der Waals surface area contributed by atoms with Crippen molar-refractivity contribution < 1.29 is 17.8 Å². The molecule has 1 aromatic carbocycles. The fourth-order valence-corrected chi connectivity index (χ4v) is 4.81. The Morgan fingerprint density at radius 3 is 2.65 bits per heavy atom. The van der Waals surface area contributed by atoms with Crippen LogP contribution in [-0.2, 0) is 23.1 Å². The number of furan rings is 1. The number of sulfonamides is 1. The molecule has 26 heavy (non-hydrogen) atoms. The summed E-state index contributed by atoms with van der Waals surface area (Å²) in [6.07, 6.45) is 1.48. The van der Waals surface area contributed by atoms with E-state index in [4.69, 9.17) is 4.42 Å². The molecule has 0 aliphatic rings. The maximum absolute atomic E-state index is 13.2. The van der Waals surface area contributed by atoms with Gasteiger partial charge in [0, 0.05) is 18.7 Å². The highest BCUT2D eigenvalue weighted by molar-refractivity contribution is 7.89. The van der Waals surface area contributed by atoms with Crippen molar-refractivity contribution in [2.45, 2.75) is 24.9 Å². The van der Waals surface area contributed by atoms with Crippen LogP contribution in [0.4, 0.5) is 5.69 Å². The van der Waals surface area contributed by atoms with Gasteiger partial charge in [-0.25, -0.2) is 8.42 Å². The van der Waals surface area contributed by atoms with Crippen molar-refractivity contribution in [2.75, 3.05) is 0 Å². The molecule has 136 valence electrons. The van der Waals surface area contributed by atoms with Crippen LogP contribution in [0.15, 0.2) is 62.7 Å². The maximum Gasteiger partial charge on any atom is 0.270 e. The summed E-state index contributed by atoms with van der Waals surface area (Å²) in [5, 5.41) is 14.8. The number of thiophene rings is 1. The molecular weight excluding hydrogens is 376 g/mol. The average Bonchev–Trinajstić information content (AvgIpc) is 3.28. The number of rotatable bonds is 7. The molecule has 7 nitrogen and oxygen atoms in total. The van der Waals surface area contributed by atoms with Gasteiger partial charge in [0.25, 0.3) is 5.69 Å². The second-order valence-electron chi connectivity index (χ2n) is 5.69. The van der Waals surface area contributed by atoms with E-state index in [2.05, 4.69) is 0 Å². The number of hydrogen-bond acceptors (Lipinski definition) is 6. The monoisotopic (exact) mass is 392 g/mol. The van der Waals surface area contributed by atoms with Crippen LogP contribution in [-0.4, -0.2) is 17.6 Å². The lowest BCUT2D eigenvalue weighted by Crippen LogP contribution is -2.30. The van der Waals surface area contributed by atoms with Crippen LogP contribution in [0.2, 0.25) is 0 Å². The van der Waals surface area contributed by atoms with Gasteiger partial charge in [-0.05, 0) is 47.0 Å². The quantitative estimate of drug-likeness (QED) is 0.448. The van der Waals surface area contributed by atoms with Gasteiger partial charge in [0.15, 0.2) is 0 Å². The van der Waals surface area contributed by atoms with Crippen LogP contribution < -0.4 is 0 Å². The molecule has 0 atom stereocenters. The first-order chi connectivity index (χ1) is 12.4. The van der Waals surface area contributed by atoms with E-state index in [1.54, 1.807) is 19.1 Å². The highest BCUT2D eigenvalue weighted by Crippen LogP contribution is 2.27. The first-order valence-corrected chi connectivity index (χ1v) is 10.0. The molecule has 0 saturated carbocycles. The van der Waals surface area contributed by atoms with Crippen LogP contribution in [0.1, 0.15) is 16.9 Å². The largest absolute Gasteiger partial charge is 0.468 e. The van der Waals surface area contributed by atoms with Gasteiger partial charge in [0.1, 0.15) is 5.76 Å². The van der Waals surface area contributed by atoms with Crippen molar-refractivity contribution >= 4 is 27.0 Å². The Hall–Kier alpha value is -2.49. The van der Waals surface area contributed by atoms with E-state index >= 15 is 0 Å². The zero-order valence-corrected chi connectivity index (χ0v) is 15.5. The molecule has 0 spiro atoms. The number of nitro benzene ring substituents is 1. The van der Waals surface area contributed by atoms with Crippen LogP contribution >= 0.6 is 11.3 Å². The Morgan fingerprint density at radius 2 is 2.04 bits per heavy atom. The minimum atomic E-state index is -3.97. The van der Waals surface area contributed by atoms with Crippen LogP contribution in [0.25, 0.3) is 0 Å². The molecule has 0 radical (unpaired) electrons. The zero-order chi connectivity index (χ0) is 18.7. The van der Waals surface area contributed by atoms with E-state index in [9.17, 15) is 18.5 Å². The first kappa shape index (κ1) is 18.3. The number of nitro groups is 1. The Labute approximate surface area is 154 Å². The molecule has 0 unspecified atom stereocenters. The summed E-state index contributed by atoms with van der Waals surface area (Å²) in [6.45, 7) is 1.80. The molecule has 2 aromatic heterocycles. The van der Waals surface area contributed by atoms with Gasteiger partial charge >= 0.3 is 0 Å². The molecule has 0 bridgehead atoms. The number of hydrogen-bond donors (Lipinski definition) is 0. The van der Waals surface area contributed by atoms with Gasteiger partial charge in [-0.3, -0.25) is 10.1 Å². The third kappa shape index (κ3) is 3.85. The van der Waals surface area contributed by atoms with E-state index in [1.165, 1.54) is 34.0 Å². The molecule has 0 aliphatic carbocycles. The molecule has 3 aromatic rings. The Kier molecular flexibility index (Phi) is 5.21. The van der Waals surface area contributed by atoms with Gasteiger partial charge in [0.05, 0.1) is 22.6 Å². The third-order valence-electron chi connectivity index (χ3n) is 3.85. The fourth-order valence-electron chi connectivity index (χ4n) is 2.51. The van der Waals surface area contributed by atoms with Crippen molar-refractivity contribution in [1.29, 1.82) is 0 Å². The molecule has 0 N–H and O–H groups in total. The standard InChI is InChI=1S/C17H16N2O5S2/c1-13-4-5-15(19(20)21)9-17(13)26(22,23)18(10-14-6-8-25-12-14)11-16-3-2-7-24-16/h2-9,12H,10-11H2,1H3. The van der Waals surface area contributed by atoms with Crippen LogP contribution in [0.5, 0.6) is 0 Å². The van der Waals surface area contributed by atoms with Crippen molar-refractivity contribution in [2.24, 2.45) is 0 Å². The lowest BCUT2D eigenvalue weighted by atomic mass is 10.2.